The van der Waals surface area contributed by atoms with Gasteiger partial charge in [-0.15, -0.1) is 0 Å². The molecule has 1 N–H and O–H groups in total. The monoisotopic (exact) mass is 397 g/mol. The Bertz CT molecular complexity index is 1220. The van der Waals surface area contributed by atoms with Crippen molar-refractivity contribution in [1.29, 1.82) is 5.26 Å². The van der Waals surface area contributed by atoms with Gasteiger partial charge >= 0.3 is 0 Å². The van der Waals surface area contributed by atoms with E-state index in [1.807, 2.05) is 42.8 Å². The molecule has 1 saturated carbocycles. The molecule has 0 aliphatic heterocycles. The first-order valence-corrected chi connectivity index (χ1v) is 10.7. The second-order valence-electron chi connectivity index (χ2n) is 7.43. The number of benzene rings is 2. The molecule has 1 aliphatic rings. The molecular weight excluding hydrogens is 377 g/mol. The van der Waals surface area contributed by atoms with Gasteiger partial charge in [-0.3, -0.25) is 4.72 Å². The van der Waals surface area contributed by atoms with Crippen molar-refractivity contribution in [3.05, 3.63) is 54.0 Å². The van der Waals surface area contributed by atoms with Crippen molar-refractivity contribution in [3.63, 3.8) is 0 Å². The number of anilines is 1. The van der Waals surface area contributed by atoms with Gasteiger partial charge < -0.3 is 4.57 Å². The Labute approximate surface area is 163 Å². The largest absolute Gasteiger partial charge is 0.344 e. The van der Waals surface area contributed by atoms with E-state index in [1.54, 1.807) is 12.1 Å². The number of fused-ring (bicyclic) bond motifs is 1. The predicted molar refractivity (Wildman–Crippen MR) is 108 cm³/mol. The molecule has 3 aromatic rings. The molecule has 0 unspecified atom stereocenters. The third-order valence-corrected chi connectivity index (χ3v) is 6.88. The maximum absolute atomic E-state index is 14.1. The minimum absolute atomic E-state index is 0.00752. The normalized spacial score (nSPS) is 14.4. The van der Waals surface area contributed by atoms with Crippen molar-refractivity contribution in [2.75, 3.05) is 4.72 Å². The molecule has 1 aliphatic carbocycles. The van der Waals surface area contributed by atoms with Crippen LogP contribution in [0.4, 0.5) is 10.1 Å². The Morgan fingerprint density at radius 1 is 1.21 bits per heavy atom. The lowest BCUT2D eigenvalue weighted by Gasteiger charge is -2.11. The first kappa shape index (κ1) is 18.5. The quantitative estimate of drug-likeness (QED) is 0.672. The Morgan fingerprint density at radius 3 is 2.57 bits per heavy atom. The van der Waals surface area contributed by atoms with E-state index < -0.39 is 15.8 Å². The summed E-state index contributed by atoms with van der Waals surface area (Å²) in [5, 5.41) is 9.55. The van der Waals surface area contributed by atoms with Crippen LogP contribution in [0.1, 0.15) is 38.3 Å². The highest BCUT2D eigenvalue weighted by molar-refractivity contribution is 7.93. The SMILES string of the molecule is CC(C)n1cc(-c2ccc(C#N)c(F)c2)c2ccc(NS(=O)(=O)C3CC3)cc21. The van der Waals surface area contributed by atoms with E-state index in [1.165, 1.54) is 12.1 Å². The molecule has 0 bridgehead atoms. The van der Waals surface area contributed by atoms with Crippen molar-refractivity contribution in [2.24, 2.45) is 0 Å². The number of halogens is 1. The summed E-state index contributed by atoms with van der Waals surface area (Å²) in [5.41, 5.74) is 2.91. The minimum Gasteiger partial charge on any atom is -0.344 e. The fraction of sp³-hybridized carbons (Fsp3) is 0.286. The first-order valence-electron chi connectivity index (χ1n) is 9.16. The van der Waals surface area contributed by atoms with Crippen LogP contribution in [0.15, 0.2) is 42.6 Å². The number of sulfonamides is 1. The van der Waals surface area contributed by atoms with Crippen LogP contribution in [0.2, 0.25) is 0 Å². The lowest BCUT2D eigenvalue weighted by molar-refractivity contribution is 0.600. The van der Waals surface area contributed by atoms with Gasteiger partial charge in [0.15, 0.2) is 0 Å². The molecular formula is C21H20FN3O2S. The standard InChI is InChI=1S/C21H20FN3O2S/c1-13(2)25-12-19(14-3-4-15(11-23)20(22)9-14)18-8-5-16(10-21(18)25)24-28(26,27)17-6-7-17/h3-5,8-10,12-13,17,24H,6-7H2,1-2H3. The van der Waals surface area contributed by atoms with E-state index >= 15 is 0 Å². The third kappa shape index (κ3) is 3.25. The van der Waals surface area contributed by atoms with E-state index in [-0.39, 0.29) is 16.9 Å². The first-order chi connectivity index (χ1) is 13.3. The topological polar surface area (TPSA) is 74.9 Å². The summed E-state index contributed by atoms with van der Waals surface area (Å²) in [6, 6.07) is 11.9. The average Bonchev–Trinajstić information content (AvgIpc) is 3.43. The number of rotatable bonds is 5. The van der Waals surface area contributed by atoms with Gasteiger partial charge in [0.25, 0.3) is 0 Å². The Kier molecular flexibility index (Phi) is 4.39. The Morgan fingerprint density at radius 2 is 1.96 bits per heavy atom. The zero-order chi connectivity index (χ0) is 20.1. The zero-order valence-electron chi connectivity index (χ0n) is 15.6. The molecule has 0 spiro atoms. The Balaban J connectivity index is 1.83. The molecule has 7 heteroatoms. The molecule has 5 nitrogen and oxygen atoms in total. The summed E-state index contributed by atoms with van der Waals surface area (Å²) in [6.45, 7) is 4.06. The number of nitrogens with zero attached hydrogens (tertiary/aromatic N) is 2. The molecule has 28 heavy (non-hydrogen) atoms. The van der Waals surface area contributed by atoms with E-state index in [4.69, 9.17) is 5.26 Å². The fourth-order valence-corrected chi connectivity index (χ4v) is 4.75. The second-order valence-corrected chi connectivity index (χ2v) is 9.39. The van der Waals surface area contributed by atoms with Crippen molar-refractivity contribution in [2.45, 2.75) is 38.0 Å². The van der Waals surface area contributed by atoms with E-state index in [0.717, 1.165) is 16.5 Å². The van der Waals surface area contributed by atoms with Crippen LogP contribution < -0.4 is 4.72 Å². The molecule has 1 fully saturated rings. The predicted octanol–water partition coefficient (Wildman–Crippen LogP) is 4.80. The third-order valence-electron chi connectivity index (χ3n) is 5.01. The lowest BCUT2D eigenvalue weighted by atomic mass is 10.0. The zero-order valence-corrected chi connectivity index (χ0v) is 16.4. The summed E-state index contributed by atoms with van der Waals surface area (Å²) in [5.74, 6) is -0.556. The van der Waals surface area contributed by atoms with E-state index in [9.17, 15) is 12.8 Å². The molecule has 0 saturated heterocycles. The van der Waals surface area contributed by atoms with Crippen LogP contribution in [-0.2, 0) is 10.0 Å². The van der Waals surface area contributed by atoms with Gasteiger partial charge in [-0.25, -0.2) is 12.8 Å². The van der Waals surface area contributed by atoms with Gasteiger partial charge in [0.1, 0.15) is 11.9 Å². The van der Waals surface area contributed by atoms with Gasteiger partial charge in [-0.1, -0.05) is 12.1 Å². The fourth-order valence-electron chi connectivity index (χ4n) is 3.37. The van der Waals surface area contributed by atoms with Gasteiger partial charge in [0.2, 0.25) is 10.0 Å². The van der Waals surface area contributed by atoms with Gasteiger partial charge in [-0.05, 0) is 56.5 Å². The molecule has 0 amide bonds. The van der Waals surface area contributed by atoms with Crippen LogP contribution in [0.3, 0.4) is 0 Å². The van der Waals surface area contributed by atoms with Crippen molar-refractivity contribution in [1.82, 2.24) is 4.57 Å². The molecule has 1 heterocycles. The number of hydrogen-bond acceptors (Lipinski definition) is 3. The minimum atomic E-state index is -3.34. The maximum atomic E-state index is 14.1. The van der Waals surface area contributed by atoms with Crippen molar-refractivity contribution < 1.29 is 12.8 Å². The number of aromatic nitrogens is 1. The highest BCUT2D eigenvalue weighted by Gasteiger charge is 2.35. The Hall–Kier alpha value is -2.85. The van der Waals surface area contributed by atoms with Crippen LogP contribution >= 0.6 is 0 Å². The summed E-state index contributed by atoms with van der Waals surface area (Å²) in [4.78, 5) is 0. The maximum Gasteiger partial charge on any atom is 0.235 e. The van der Waals surface area contributed by atoms with Gasteiger partial charge in [0.05, 0.1) is 22.0 Å². The highest BCUT2D eigenvalue weighted by atomic mass is 32.2. The molecule has 4 rings (SSSR count). The number of nitrogens with one attached hydrogen (secondary N) is 1. The smallest absolute Gasteiger partial charge is 0.235 e. The van der Waals surface area contributed by atoms with Crippen LogP contribution in [0, 0.1) is 17.1 Å². The highest BCUT2D eigenvalue weighted by Crippen LogP contribution is 2.36. The summed E-state index contributed by atoms with van der Waals surface area (Å²) in [6.07, 6.45) is 3.35. The number of hydrogen-bond donors (Lipinski definition) is 1. The molecule has 144 valence electrons. The van der Waals surface area contributed by atoms with Gasteiger partial charge in [-0.2, -0.15) is 5.26 Å². The molecule has 2 aromatic carbocycles. The van der Waals surface area contributed by atoms with Crippen LogP contribution in [0.5, 0.6) is 0 Å². The van der Waals surface area contributed by atoms with E-state index in [0.29, 0.717) is 24.1 Å². The summed E-state index contributed by atoms with van der Waals surface area (Å²) < 4.78 is 43.4. The van der Waals surface area contributed by atoms with Gasteiger partial charge in [0, 0.05) is 23.2 Å². The molecule has 0 radical (unpaired) electrons. The summed E-state index contributed by atoms with van der Waals surface area (Å²) >= 11 is 0. The summed E-state index contributed by atoms with van der Waals surface area (Å²) in [7, 11) is -3.34. The van der Waals surface area contributed by atoms with Crippen molar-refractivity contribution in [3.8, 4) is 17.2 Å². The molecule has 0 atom stereocenters. The average molecular weight is 397 g/mol. The second kappa shape index (κ2) is 6.64. The van der Waals surface area contributed by atoms with Crippen molar-refractivity contribution >= 4 is 26.6 Å². The van der Waals surface area contributed by atoms with Crippen LogP contribution in [-0.4, -0.2) is 18.2 Å². The number of nitriles is 1. The van der Waals surface area contributed by atoms with Crippen LogP contribution in [0.25, 0.3) is 22.0 Å². The van der Waals surface area contributed by atoms with E-state index in [2.05, 4.69) is 4.72 Å². The lowest BCUT2D eigenvalue weighted by Crippen LogP contribution is -2.17. The molecule has 1 aromatic heterocycles.